The summed E-state index contributed by atoms with van der Waals surface area (Å²) in [5.74, 6) is 0. The molecule has 4 aromatic carbocycles. The molecule has 4 nitrogen and oxygen atoms in total. The van der Waals surface area contributed by atoms with Crippen LogP contribution >= 0.6 is 0 Å². The average molecular weight is 485 g/mol. The molecule has 32 heavy (non-hydrogen) atoms. The van der Waals surface area contributed by atoms with Gasteiger partial charge in [0.15, 0.2) is 0 Å². The summed E-state index contributed by atoms with van der Waals surface area (Å²) in [4.78, 5) is 0. The summed E-state index contributed by atoms with van der Waals surface area (Å²) in [5.41, 5.74) is 0. The van der Waals surface area contributed by atoms with Gasteiger partial charge in [0.1, 0.15) is 0 Å². The van der Waals surface area contributed by atoms with Gasteiger partial charge in [0, 0.05) is 0 Å². The van der Waals surface area contributed by atoms with Crippen molar-refractivity contribution >= 4 is 57.9 Å². The number of benzene rings is 4. The van der Waals surface area contributed by atoms with Crippen molar-refractivity contribution < 1.29 is 16.5 Å². The molecule has 0 saturated carbocycles. The first-order chi connectivity index (χ1) is 15.8. The van der Waals surface area contributed by atoms with Crippen LogP contribution < -0.4 is 20.7 Å². The van der Waals surface area contributed by atoms with Crippen molar-refractivity contribution in [2.75, 3.05) is 0 Å². The Hall–Kier alpha value is -2.41. The Balaban J connectivity index is 1.78. The van der Waals surface area contributed by atoms with E-state index in [2.05, 4.69) is 48.5 Å². The summed E-state index contributed by atoms with van der Waals surface area (Å²) < 4.78 is 26.5. The Bertz CT molecular complexity index is 962. The quantitative estimate of drug-likeness (QED) is 0.413. The fourth-order valence-corrected chi connectivity index (χ4v) is 15.7. The molecule has 1 saturated heterocycles. The molecule has 156 valence electrons. The Morgan fingerprint density at radius 1 is 0.406 bits per heavy atom. The second-order valence-electron chi connectivity index (χ2n) is 7.27. The highest BCUT2D eigenvalue weighted by Gasteiger charge is 2.55. The number of hydrogen-bond acceptors (Lipinski definition) is 4. The van der Waals surface area contributed by atoms with E-state index in [9.17, 15) is 0 Å². The van der Waals surface area contributed by atoms with Crippen LogP contribution in [0, 0.1) is 0 Å². The van der Waals surface area contributed by atoms with Crippen LogP contribution in [0.3, 0.4) is 0 Å². The fourth-order valence-electron chi connectivity index (χ4n) is 3.86. The van der Waals surface area contributed by atoms with Crippen LogP contribution in [0.4, 0.5) is 0 Å². The molecule has 4 radical (unpaired) electrons. The minimum absolute atomic E-state index is 0.170. The van der Waals surface area contributed by atoms with Crippen LogP contribution in [0.2, 0.25) is 0 Å². The second kappa shape index (κ2) is 9.61. The van der Waals surface area contributed by atoms with Gasteiger partial charge in [-0.3, -0.25) is 0 Å². The lowest BCUT2D eigenvalue weighted by molar-refractivity contribution is 0.304. The van der Waals surface area contributed by atoms with E-state index in [4.69, 9.17) is 16.5 Å². The van der Waals surface area contributed by atoms with Crippen LogP contribution in [0.15, 0.2) is 121 Å². The van der Waals surface area contributed by atoms with E-state index in [0.29, 0.717) is 0 Å². The van der Waals surface area contributed by atoms with Gasteiger partial charge >= 0.3 is 37.1 Å². The standard InChI is InChI=1S/C24H20O4Si4/c1-5-13-21(14-6-1)31(22-15-7-2-8-16-22)26-29-25-30-27-32(28-31,23-17-9-3-10-18-23)24-19-11-4-12-20-24/h1-20H. The molecule has 0 N–H and O–H groups in total. The zero-order valence-corrected chi connectivity index (χ0v) is 21.2. The van der Waals surface area contributed by atoms with Crippen LogP contribution in [0.1, 0.15) is 0 Å². The van der Waals surface area contributed by atoms with Crippen molar-refractivity contribution in [2.45, 2.75) is 0 Å². The van der Waals surface area contributed by atoms with E-state index in [0.717, 1.165) is 20.7 Å². The van der Waals surface area contributed by atoms with E-state index < -0.39 is 17.1 Å². The molecule has 0 spiro atoms. The third kappa shape index (κ3) is 4.03. The summed E-state index contributed by atoms with van der Waals surface area (Å²) in [7, 11) is -6.72. The van der Waals surface area contributed by atoms with Crippen molar-refractivity contribution in [3.63, 3.8) is 0 Å². The van der Waals surface area contributed by atoms with Gasteiger partial charge in [-0.25, -0.2) is 0 Å². The van der Waals surface area contributed by atoms with Crippen LogP contribution in [-0.4, -0.2) is 37.1 Å². The maximum Gasteiger partial charge on any atom is 0.413 e. The Kier molecular flexibility index (Phi) is 6.44. The van der Waals surface area contributed by atoms with E-state index in [1.54, 1.807) is 0 Å². The summed E-state index contributed by atoms with van der Waals surface area (Å²) in [5, 5.41) is 4.11. The normalized spacial score (nSPS) is 17.8. The lowest BCUT2D eigenvalue weighted by Crippen LogP contribution is -2.76. The Morgan fingerprint density at radius 3 is 0.969 bits per heavy atom. The van der Waals surface area contributed by atoms with E-state index >= 15 is 0 Å². The van der Waals surface area contributed by atoms with Gasteiger partial charge in [-0.15, -0.1) is 0 Å². The first-order valence-electron chi connectivity index (χ1n) is 10.3. The zero-order chi connectivity index (χ0) is 21.7. The molecule has 0 aliphatic carbocycles. The molecule has 0 bridgehead atoms. The highest BCUT2D eigenvalue weighted by atomic mass is 28.5. The van der Waals surface area contributed by atoms with Gasteiger partial charge < -0.3 is 16.5 Å². The minimum atomic E-state index is -3.19. The maximum absolute atomic E-state index is 7.38. The second-order valence-corrected chi connectivity index (χ2v) is 15.6. The molecule has 1 heterocycles. The predicted octanol–water partition coefficient (Wildman–Crippen LogP) is 1.65. The molecular weight excluding hydrogens is 465 g/mol. The molecule has 1 fully saturated rings. The van der Waals surface area contributed by atoms with E-state index in [1.807, 2.05) is 72.8 Å². The first-order valence-corrected chi connectivity index (χ1v) is 15.5. The van der Waals surface area contributed by atoms with Gasteiger partial charge in [0.05, 0.1) is 0 Å². The summed E-state index contributed by atoms with van der Waals surface area (Å²) in [6.45, 7) is 0. The van der Waals surface area contributed by atoms with Crippen LogP contribution in [0.25, 0.3) is 0 Å². The number of hydrogen-bond donors (Lipinski definition) is 0. The van der Waals surface area contributed by atoms with Gasteiger partial charge in [-0.2, -0.15) is 0 Å². The largest absolute Gasteiger partial charge is 0.413 e. The van der Waals surface area contributed by atoms with Crippen molar-refractivity contribution in [1.29, 1.82) is 0 Å². The predicted molar refractivity (Wildman–Crippen MR) is 132 cm³/mol. The lowest BCUT2D eigenvalue weighted by atomic mass is 10.4. The Labute approximate surface area is 195 Å². The Morgan fingerprint density at radius 2 is 0.688 bits per heavy atom. The van der Waals surface area contributed by atoms with Gasteiger partial charge in [0.25, 0.3) is 0 Å². The van der Waals surface area contributed by atoms with Crippen molar-refractivity contribution in [1.82, 2.24) is 0 Å². The lowest BCUT2D eigenvalue weighted by Gasteiger charge is -2.42. The topological polar surface area (TPSA) is 36.9 Å². The molecule has 1 aliphatic rings. The molecule has 1 aliphatic heterocycles. The molecule has 0 atom stereocenters. The minimum Gasteiger partial charge on any atom is -0.412 e. The molecule has 4 aromatic rings. The van der Waals surface area contributed by atoms with Gasteiger partial charge in [-0.1, -0.05) is 121 Å². The maximum atomic E-state index is 7.38. The number of rotatable bonds is 4. The molecule has 0 amide bonds. The third-order valence-corrected chi connectivity index (χ3v) is 15.7. The molecular formula is C24H20O4Si4. The molecule has 8 heteroatoms. The average Bonchev–Trinajstić information content (AvgIpc) is 2.87. The molecule has 0 unspecified atom stereocenters. The zero-order valence-electron chi connectivity index (χ0n) is 17.2. The van der Waals surface area contributed by atoms with E-state index in [1.165, 1.54) is 0 Å². The summed E-state index contributed by atoms with van der Waals surface area (Å²) >= 11 is 0. The highest BCUT2D eigenvalue weighted by Crippen LogP contribution is 2.20. The smallest absolute Gasteiger partial charge is 0.412 e. The first kappa shape index (κ1) is 21.4. The SMILES string of the molecule is c1ccc([Si]2(c3ccccc3)O[Si]O[Si]O[Si](c3ccccc3)(c3ccccc3)O2)cc1. The summed E-state index contributed by atoms with van der Waals surface area (Å²) in [6, 6.07) is 40.9. The highest BCUT2D eigenvalue weighted by molar-refractivity contribution is 7.06. The van der Waals surface area contributed by atoms with Crippen LogP contribution in [-0.2, 0) is 16.5 Å². The fraction of sp³-hybridized carbons (Fsp3) is 0. The van der Waals surface area contributed by atoms with Gasteiger partial charge in [0.2, 0.25) is 0 Å². The van der Waals surface area contributed by atoms with Crippen molar-refractivity contribution in [3.8, 4) is 0 Å². The van der Waals surface area contributed by atoms with Gasteiger partial charge in [-0.05, 0) is 20.7 Å². The van der Waals surface area contributed by atoms with Crippen molar-refractivity contribution in [2.24, 2.45) is 0 Å². The van der Waals surface area contributed by atoms with Crippen LogP contribution in [0.5, 0.6) is 0 Å². The monoisotopic (exact) mass is 484 g/mol. The third-order valence-electron chi connectivity index (χ3n) is 5.36. The molecule has 0 aromatic heterocycles. The van der Waals surface area contributed by atoms with Crippen molar-refractivity contribution in [3.05, 3.63) is 121 Å². The molecule has 5 rings (SSSR count). The van der Waals surface area contributed by atoms with E-state index in [-0.39, 0.29) is 20.0 Å². The summed E-state index contributed by atoms with van der Waals surface area (Å²) in [6.07, 6.45) is 0.